The van der Waals surface area contributed by atoms with Gasteiger partial charge in [-0.3, -0.25) is 4.90 Å². The third-order valence-corrected chi connectivity index (χ3v) is 7.06. The highest BCUT2D eigenvalue weighted by molar-refractivity contribution is 7.89. The number of ether oxygens (including phenoxy) is 3. The minimum Gasteiger partial charge on any atom is -0.493 e. The number of hydrogen-bond acceptors (Lipinski definition) is 7. The van der Waals surface area contributed by atoms with Gasteiger partial charge in [0.15, 0.2) is 11.5 Å². The zero-order valence-corrected chi connectivity index (χ0v) is 18.9. The molecule has 8 nitrogen and oxygen atoms in total. The van der Waals surface area contributed by atoms with Gasteiger partial charge in [-0.2, -0.15) is 4.31 Å². The smallest absolute Gasteiger partial charge is 0.338 e. The predicted molar refractivity (Wildman–Crippen MR) is 116 cm³/mol. The summed E-state index contributed by atoms with van der Waals surface area (Å²) in [6, 6.07) is 11.8. The highest BCUT2D eigenvalue weighted by Gasteiger charge is 2.29. The maximum atomic E-state index is 13.1. The molecule has 0 N–H and O–H groups in total. The van der Waals surface area contributed by atoms with Crippen LogP contribution in [0.3, 0.4) is 0 Å². The molecule has 2 aromatic carbocycles. The van der Waals surface area contributed by atoms with Crippen molar-refractivity contribution in [2.75, 3.05) is 47.0 Å². The van der Waals surface area contributed by atoms with Crippen LogP contribution < -0.4 is 9.47 Å². The largest absolute Gasteiger partial charge is 0.493 e. The number of sulfonamides is 1. The maximum absolute atomic E-state index is 13.1. The number of carbonyl (C=O) groups is 1. The standard InChI is InChI=1S/C22H28N2O6S/c1-4-30-22(25)18-6-5-7-19(15-18)31(26,27)24-12-10-23(11-13-24)16-17-8-9-20(28-2)21(14-17)29-3/h5-9,14-15H,4,10-13,16H2,1-3H3. The van der Waals surface area contributed by atoms with Crippen molar-refractivity contribution < 1.29 is 27.4 Å². The Labute approximate surface area is 183 Å². The Morgan fingerprint density at radius 1 is 0.968 bits per heavy atom. The third kappa shape index (κ3) is 5.36. The van der Waals surface area contributed by atoms with Gasteiger partial charge in [0.2, 0.25) is 10.0 Å². The van der Waals surface area contributed by atoms with Crippen molar-refractivity contribution in [3.05, 3.63) is 53.6 Å². The van der Waals surface area contributed by atoms with Gasteiger partial charge in [0.1, 0.15) is 0 Å². The first-order valence-corrected chi connectivity index (χ1v) is 11.5. The fourth-order valence-corrected chi connectivity index (χ4v) is 4.98. The van der Waals surface area contributed by atoms with Crippen LogP contribution in [0, 0.1) is 0 Å². The Hall–Kier alpha value is -2.62. The minimum atomic E-state index is -3.69. The van der Waals surface area contributed by atoms with Gasteiger partial charge in [-0.15, -0.1) is 0 Å². The first-order chi connectivity index (χ1) is 14.9. The van der Waals surface area contributed by atoms with Gasteiger partial charge >= 0.3 is 5.97 Å². The molecular weight excluding hydrogens is 420 g/mol. The van der Waals surface area contributed by atoms with Crippen LogP contribution in [0.1, 0.15) is 22.8 Å². The lowest BCUT2D eigenvalue weighted by molar-refractivity contribution is 0.0526. The zero-order valence-electron chi connectivity index (χ0n) is 18.0. The Bertz CT molecular complexity index is 1020. The molecule has 1 aliphatic rings. The molecule has 0 unspecified atom stereocenters. The molecule has 0 bridgehead atoms. The van der Waals surface area contributed by atoms with E-state index in [-0.39, 0.29) is 17.1 Å². The van der Waals surface area contributed by atoms with Crippen LogP contribution in [0.2, 0.25) is 0 Å². The van der Waals surface area contributed by atoms with E-state index in [1.165, 1.54) is 16.4 Å². The van der Waals surface area contributed by atoms with Crippen LogP contribution in [0.5, 0.6) is 11.5 Å². The first kappa shape index (κ1) is 23.1. The van der Waals surface area contributed by atoms with E-state index < -0.39 is 16.0 Å². The fraction of sp³-hybridized carbons (Fsp3) is 0.409. The molecule has 3 rings (SSSR count). The van der Waals surface area contributed by atoms with E-state index >= 15 is 0 Å². The number of methoxy groups -OCH3 is 2. The summed E-state index contributed by atoms with van der Waals surface area (Å²) in [6.45, 7) is 4.58. The van der Waals surface area contributed by atoms with Gasteiger partial charge in [-0.25, -0.2) is 13.2 Å². The van der Waals surface area contributed by atoms with Gasteiger partial charge in [0.05, 0.1) is 31.3 Å². The summed E-state index contributed by atoms with van der Waals surface area (Å²) in [6.07, 6.45) is 0. The van der Waals surface area contributed by atoms with Gasteiger partial charge in [0.25, 0.3) is 0 Å². The molecule has 0 aliphatic carbocycles. The predicted octanol–water partition coefficient (Wildman–Crippen LogP) is 2.39. The molecule has 1 aliphatic heterocycles. The fourth-order valence-electron chi connectivity index (χ4n) is 3.51. The number of benzene rings is 2. The third-order valence-electron chi connectivity index (χ3n) is 5.17. The lowest BCUT2D eigenvalue weighted by atomic mass is 10.1. The van der Waals surface area contributed by atoms with Crippen molar-refractivity contribution in [1.29, 1.82) is 0 Å². The second-order valence-electron chi connectivity index (χ2n) is 7.12. The van der Waals surface area contributed by atoms with E-state index in [1.54, 1.807) is 33.3 Å². The Kier molecular flexibility index (Phi) is 7.53. The molecule has 0 spiro atoms. The molecule has 1 fully saturated rings. The monoisotopic (exact) mass is 448 g/mol. The second-order valence-corrected chi connectivity index (χ2v) is 9.06. The number of hydrogen-bond donors (Lipinski definition) is 0. The summed E-state index contributed by atoms with van der Waals surface area (Å²) in [7, 11) is -0.490. The Morgan fingerprint density at radius 3 is 2.32 bits per heavy atom. The summed E-state index contributed by atoms with van der Waals surface area (Å²) in [5.41, 5.74) is 1.30. The van der Waals surface area contributed by atoms with Gasteiger partial charge in [-0.1, -0.05) is 12.1 Å². The van der Waals surface area contributed by atoms with Crippen LogP contribution >= 0.6 is 0 Å². The number of esters is 1. The molecule has 168 valence electrons. The van der Waals surface area contributed by atoms with E-state index in [1.807, 2.05) is 18.2 Å². The van der Waals surface area contributed by atoms with Gasteiger partial charge in [0, 0.05) is 32.7 Å². The molecule has 1 heterocycles. The summed E-state index contributed by atoms with van der Waals surface area (Å²) >= 11 is 0. The number of piperazine rings is 1. The lowest BCUT2D eigenvalue weighted by Gasteiger charge is -2.34. The zero-order chi connectivity index (χ0) is 22.4. The molecule has 1 saturated heterocycles. The molecule has 0 saturated carbocycles. The average Bonchev–Trinajstić information content (AvgIpc) is 2.79. The number of carbonyl (C=O) groups excluding carboxylic acids is 1. The van der Waals surface area contributed by atoms with Crippen molar-refractivity contribution >= 4 is 16.0 Å². The topological polar surface area (TPSA) is 85.4 Å². The normalized spacial score (nSPS) is 15.5. The van der Waals surface area contributed by atoms with Crippen LogP contribution in [0.25, 0.3) is 0 Å². The van der Waals surface area contributed by atoms with Crippen molar-refractivity contribution in [2.24, 2.45) is 0 Å². The molecule has 0 radical (unpaired) electrons. The summed E-state index contributed by atoms with van der Waals surface area (Å²) in [5, 5.41) is 0. The summed E-state index contributed by atoms with van der Waals surface area (Å²) < 4.78 is 43.2. The lowest BCUT2D eigenvalue weighted by Crippen LogP contribution is -2.48. The molecule has 0 aromatic heterocycles. The molecule has 0 atom stereocenters. The van der Waals surface area contributed by atoms with Crippen molar-refractivity contribution in [1.82, 2.24) is 9.21 Å². The molecule has 0 amide bonds. The van der Waals surface area contributed by atoms with Gasteiger partial charge in [-0.05, 0) is 42.8 Å². The van der Waals surface area contributed by atoms with Gasteiger partial charge < -0.3 is 14.2 Å². The Balaban J connectivity index is 1.65. The molecular formula is C22H28N2O6S. The second kappa shape index (κ2) is 10.1. The quantitative estimate of drug-likeness (QED) is 0.573. The van der Waals surface area contributed by atoms with Crippen molar-refractivity contribution in [3.8, 4) is 11.5 Å². The van der Waals surface area contributed by atoms with E-state index in [9.17, 15) is 13.2 Å². The van der Waals surface area contributed by atoms with Crippen LogP contribution in [0.15, 0.2) is 47.4 Å². The summed E-state index contributed by atoms with van der Waals surface area (Å²) in [5.74, 6) is 0.814. The highest BCUT2D eigenvalue weighted by Crippen LogP contribution is 2.28. The van der Waals surface area contributed by atoms with Crippen molar-refractivity contribution in [2.45, 2.75) is 18.4 Å². The molecule has 31 heavy (non-hydrogen) atoms. The first-order valence-electron chi connectivity index (χ1n) is 10.1. The minimum absolute atomic E-state index is 0.103. The number of nitrogens with zero attached hydrogens (tertiary/aromatic N) is 2. The van der Waals surface area contributed by atoms with Crippen LogP contribution in [0.4, 0.5) is 0 Å². The SMILES string of the molecule is CCOC(=O)c1cccc(S(=O)(=O)N2CCN(Cc3ccc(OC)c(OC)c3)CC2)c1. The molecule has 2 aromatic rings. The van der Waals surface area contributed by atoms with E-state index in [2.05, 4.69) is 4.90 Å². The van der Waals surface area contributed by atoms with E-state index in [0.717, 1.165) is 5.56 Å². The Morgan fingerprint density at radius 2 is 1.68 bits per heavy atom. The molecule has 9 heteroatoms. The van der Waals surface area contributed by atoms with E-state index in [4.69, 9.17) is 14.2 Å². The van der Waals surface area contributed by atoms with Crippen molar-refractivity contribution in [3.63, 3.8) is 0 Å². The average molecular weight is 449 g/mol. The van der Waals surface area contributed by atoms with E-state index in [0.29, 0.717) is 44.2 Å². The summed E-state index contributed by atoms with van der Waals surface area (Å²) in [4.78, 5) is 14.2. The number of rotatable bonds is 8. The van der Waals surface area contributed by atoms with Crippen LogP contribution in [-0.4, -0.2) is 70.6 Å². The maximum Gasteiger partial charge on any atom is 0.338 e. The van der Waals surface area contributed by atoms with Crippen LogP contribution in [-0.2, 0) is 21.3 Å². The highest BCUT2D eigenvalue weighted by atomic mass is 32.2.